The molecule has 0 aliphatic carbocycles. The van der Waals surface area contributed by atoms with Crippen molar-refractivity contribution in [1.82, 2.24) is 15.3 Å². The summed E-state index contributed by atoms with van der Waals surface area (Å²) in [5.41, 5.74) is 2.78. The first-order chi connectivity index (χ1) is 15.7. The van der Waals surface area contributed by atoms with Crippen LogP contribution in [0.5, 0.6) is 0 Å². The van der Waals surface area contributed by atoms with Gasteiger partial charge in [-0.25, -0.2) is 0 Å². The Bertz CT molecular complexity index is 946. The molecule has 5 rings (SSSR count). The fourth-order valence-corrected chi connectivity index (χ4v) is 4.62. The molecule has 0 spiro atoms. The number of morpholine rings is 1. The van der Waals surface area contributed by atoms with Gasteiger partial charge in [-0.15, -0.1) is 0 Å². The molecule has 0 saturated carbocycles. The van der Waals surface area contributed by atoms with Crippen molar-refractivity contribution in [3.05, 3.63) is 41.5 Å². The second-order valence-corrected chi connectivity index (χ2v) is 8.83. The lowest BCUT2D eigenvalue weighted by Gasteiger charge is -2.32. The highest BCUT2D eigenvalue weighted by Gasteiger charge is 2.22. The van der Waals surface area contributed by atoms with Gasteiger partial charge in [0.25, 0.3) is 0 Å². The zero-order chi connectivity index (χ0) is 21.8. The minimum atomic E-state index is 0.222. The summed E-state index contributed by atoms with van der Waals surface area (Å²) in [5.74, 6) is 2.34. The largest absolute Gasteiger partial charge is 0.378 e. The number of rotatable bonds is 5. The highest BCUT2D eigenvalue weighted by molar-refractivity contribution is 7.80. The number of hydrogen-bond donors (Lipinski definition) is 2. The maximum Gasteiger partial charge on any atom is 0.232 e. The molecule has 3 aliphatic rings. The fourth-order valence-electron chi connectivity index (χ4n) is 4.44. The van der Waals surface area contributed by atoms with Gasteiger partial charge in [0, 0.05) is 45.4 Å². The fraction of sp³-hybridized carbons (Fsp3) is 0.522. The standard InChI is InChI=1S/C23H30N6O2S/c32-23(24-15-19-6-3-11-31-19)27-22-25-20(28-9-12-30-13-10-28)14-21(26-22)29-8-7-17-4-1-2-5-18(17)16-29/h1-2,4-5,14,19H,3,6-13,15-16H2,(H2,24,25,26,27,32). The third-order valence-electron chi connectivity index (χ3n) is 6.23. The number of nitrogens with zero attached hydrogens (tertiary/aromatic N) is 4. The van der Waals surface area contributed by atoms with Gasteiger partial charge in [-0.05, 0) is 42.6 Å². The highest BCUT2D eigenvalue weighted by Crippen LogP contribution is 2.27. The van der Waals surface area contributed by atoms with Crippen molar-refractivity contribution >= 4 is 34.9 Å². The molecule has 3 aliphatic heterocycles. The summed E-state index contributed by atoms with van der Waals surface area (Å²) in [6.45, 7) is 6.36. The Morgan fingerprint density at radius 3 is 2.59 bits per heavy atom. The van der Waals surface area contributed by atoms with Crippen molar-refractivity contribution in [2.75, 3.05) is 61.1 Å². The summed E-state index contributed by atoms with van der Waals surface area (Å²) in [6.07, 6.45) is 3.41. The Morgan fingerprint density at radius 2 is 1.81 bits per heavy atom. The van der Waals surface area contributed by atoms with E-state index in [2.05, 4.69) is 50.8 Å². The number of thiocarbonyl (C=S) groups is 1. The van der Waals surface area contributed by atoms with E-state index in [4.69, 9.17) is 31.7 Å². The number of nitrogens with one attached hydrogen (secondary N) is 2. The summed E-state index contributed by atoms with van der Waals surface area (Å²) in [6, 6.07) is 10.7. The van der Waals surface area contributed by atoms with Crippen LogP contribution in [0.25, 0.3) is 0 Å². The number of anilines is 3. The Morgan fingerprint density at radius 1 is 1.03 bits per heavy atom. The van der Waals surface area contributed by atoms with Crippen molar-refractivity contribution in [2.45, 2.75) is 31.9 Å². The van der Waals surface area contributed by atoms with Crippen LogP contribution >= 0.6 is 12.2 Å². The number of fused-ring (bicyclic) bond motifs is 1. The molecule has 9 heteroatoms. The molecular formula is C23H30N6O2S. The molecule has 0 bridgehead atoms. The van der Waals surface area contributed by atoms with Gasteiger partial charge < -0.3 is 29.9 Å². The lowest BCUT2D eigenvalue weighted by atomic mass is 10.00. The monoisotopic (exact) mass is 454 g/mol. The molecule has 170 valence electrons. The van der Waals surface area contributed by atoms with Gasteiger partial charge in [-0.3, -0.25) is 0 Å². The molecule has 1 unspecified atom stereocenters. The Labute approximate surface area is 194 Å². The van der Waals surface area contributed by atoms with Crippen LogP contribution in [-0.2, 0) is 22.4 Å². The van der Waals surface area contributed by atoms with Crippen molar-refractivity contribution in [3.63, 3.8) is 0 Å². The first-order valence-corrected chi connectivity index (χ1v) is 11.9. The third kappa shape index (κ3) is 5.11. The molecule has 2 saturated heterocycles. The van der Waals surface area contributed by atoms with E-state index in [1.807, 2.05) is 0 Å². The number of aromatic nitrogens is 2. The lowest BCUT2D eigenvalue weighted by molar-refractivity contribution is 0.114. The van der Waals surface area contributed by atoms with Gasteiger partial charge >= 0.3 is 0 Å². The van der Waals surface area contributed by atoms with Crippen LogP contribution in [0.1, 0.15) is 24.0 Å². The molecule has 1 aromatic carbocycles. The Kier molecular flexibility index (Phi) is 6.66. The quantitative estimate of drug-likeness (QED) is 0.662. The number of hydrogen-bond acceptors (Lipinski definition) is 7. The van der Waals surface area contributed by atoms with Gasteiger partial charge in [-0.1, -0.05) is 24.3 Å². The molecule has 0 radical (unpaired) electrons. The van der Waals surface area contributed by atoms with Gasteiger partial charge in [-0.2, -0.15) is 9.97 Å². The Hall–Kier alpha value is -2.49. The molecule has 1 atom stereocenters. The summed E-state index contributed by atoms with van der Waals surface area (Å²) in [4.78, 5) is 14.2. The average Bonchev–Trinajstić information content (AvgIpc) is 3.37. The van der Waals surface area contributed by atoms with Crippen LogP contribution in [0, 0.1) is 0 Å². The van der Waals surface area contributed by atoms with E-state index < -0.39 is 0 Å². The zero-order valence-corrected chi connectivity index (χ0v) is 19.1. The third-order valence-corrected chi connectivity index (χ3v) is 6.47. The normalized spacial score (nSPS) is 20.7. The topological polar surface area (TPSA) is 74.8 Å². The summed E-state index contributed by atoms with van der Waals surface area (Å²) >= 11 is 5.52. The van der Waals surface area contributed by atoms with Gasteiger partial charge in [0.15, 0.2) is 5.11 Å². The highest BCUT2D eigenvalue weighted by atomic mass is 32.1. The average molecular weight is 455 g/mol. The molecule has 32 heavy (non-hydrogen) atoms. The summed E-state index contributed by atoms with van der Waals surface area (Å²) < 4.78 is 11.2. The van der Waals surface area contributed by atoms with Crippen LogP contribution in [0.4, 0.5) is 17.6 Å². The molecule has 2 N–H and O–H groups in total. The predicted molar refractivity (Wildman–Crippen MR) is 129 cm³/mol. The Balaban J connectivity index is 1.34. The lowest BCUT2D eigenvalue weighted by Crippen LogP contribution is -2.38. The molecule has 1 aromatic heterocycles. The summed E-state index contributed by atoms with van der Waals surface area (Å²) in [5, 5.41) is 6.98. The van der Waals surface area contributed by atoms with E-state index in [1.54, 1.807) is 0 Å². The van der Waals surface area contributed by atoms with E-state index in [0.717, 1.165) is 63.7 Å². The van der Waals surface area contributed by atoms with E-state index in [-0.39, 0.29) is 6.10 Å². The second-order valence-electron chi connectivity index (χ2n) is 8.42. The van der Waals surface area contributed by atoms with Crippen molar-refractivity contribution < 1.29 is 9.47 Å². The second kappa shape index (κ2) is 9.97. The van der Waals surface area contributed by atoms with Gasteiger partial charge in [0.05, 0.1) is 19.3 Å². The maximum atomic E-state index is 5.67. The van der Waals surface area contributed by atoms with Crippen LogP contribution in [0.15, 0.2) is 30.3 Å². The van der Waals surface area contributed by atoms with E-state index in [1.165, 1.54) is 11.1 Å². The van der Waals surface area contributed by atoms with Gasteiger partial charge in [0.2, 0.25) is 5.95 Å². The van der Waals surface area contributed by atoms with Crippen molar-refractivity contribution in [1.29, 1.82) is 0 Å². The van der Waals surface area contributed by atoms with Crippen LogP contribution in [0.2, 0.25) is 0 Å². The first kappa shape index (κ1) is 21.4. The maximum absolute atomic E-state index is 5.67. The van der Waals surface area contributed by atoms with Crippen LogP contribution in [0.3, 0.4) is 0 Å². The summed E-state index contributed by atoms with van der Waals surface area (Å²) in [7, 11) is 0. The zero-order valence-electron chi connectivity index (χ0n) is 18.3. The smallest absolute Gasteiger partial charge is 0.232 e. The molecule has 0 amide bonds. The van der Waals surface area contributed by atoms with Crippen molar-refractivity contribution in [2.24, 2.45) is 0 Å². The molecule has 4 heterocycles. The molecule has 8 nitrogen and oxygen atoms in total. The first-order valence-electron chi connectivity index (χ1n) is 11.4. The van der Waals surface area contributed by atoms with E-state index in [0.29, 0.717) is 30.8 Å². The SMILES string of the molecule is S=C(NCC1CCCO1)Nc1nc(N2CCOCC2)cc(N2CCc3ccccc3C2)n1. The molecule has 2 fully saturated rings. The molecule has 2 aromatic rings. The van der Waals surface area contributed by atoms with Gasteiger partial charge in [0.1, 0.15) is 11.6 Å². The van der Waals surface area contributed by atoms with Crippen LogP contribution < -0.4 is 20.4 Å². The number of ether oxygens (including phenoxy) is 2. The van der Waals surface area contributed by atoms with Crippen LogP contribution in [-0.4, -0.2) is 67.2 Å². The predicted octanol–water partition coefficient (Wildman–Crippen LogP) is 2.34. The minimum Gasteiger partial charge on any atom is -0.378 e. The molecular weight excluding hydrogens is 424 g/mol. The van der Waals surface area contributed by atoms with Crippen molar-refractivity contribution in [3.8, 4) is 0 Å². The minimum absolute atomic E-state index is 0.222. The van der Waals surface area contributed by atoms with E-state index in [9.17, 15) is 0 Å². The number of benzene rings is 1. The van der Waals surface area contributed by atoms with E-state index >= 15 is 0 Å².